The molecule has 0 aliphatic rings. The Morgan fingerprint density at radius 1 is 0.925 bits per heavy atom. The minimum Gasteiger partial charge on any atom is -0.483 e. The molecule has 0 aliphatic heterocycles. The molecule has 0 spiro atoms. The number of esters is 2. The van der Waals surface area contributed by atoms with Gasteiger partial charge in [-0.1, -0.05) is 39.8 Å². The first kappa shape index (κ1) is 33.1. The molecule has 0 saturated heterocycles. The normalized spacial score (nSPS) is 11.4. The molecule has 0 amide bonds. The average molecular weight is 576 g/mol. The van der Waals surface area contributed by atoms with E-state index in [2.05, 4.69) is 15.4 Å². The van der Waals surface area contributed by atoms with Crippen molar-refractivity contribution < 1.29 is 28.4 Å². The quantitative estimate of drug-likeness (QED) is 0.132. The molecule has 2 rings (SSSR count). The lowest BCUT2D eigenvalue weighted by Gasteiger charge is -2.21. The van der Waals surface area contributed by atoms with Crippen LogP contribution in [0, 0.1) is 18.8 Å². The first-order valence-electron chi connectivity index (χ1n) is 13.6. The molecular weight excluding hydrogens is 533 g/mol. The highest BCUT2D eigenvalue weighted by Gasteiger charge is 2.26. The van der Waals surface area contributed by atoms with Gasteiger partial charge in [-0.05, 0) is 90.2 Å². The zero-order valence-corrected chi connectivity index (χ0v) is 25.3. The average Bonchev–Trinajstić information content (AvgIpc) is 2.93. The van der Waals surface area contributed by atoms with Crippen molar-refractivity contribution in [2.75, 3.05) is 32.7 Å². The van der Waals surface area contributed by atoms with Crippen LogP contribution in [-0.4, -0.2) is 44.6 Å². The van der Waals surface area contributed by atoms with E-state index in [4.69, 9.17) is 14.2 Å². The van der Waals surface area contributed by atoms with Gasteiger partial charge >= 0.3 is 11.9 Å². The number of carbonyl (C=O) groups excluding carboxylic acids is 2. The summed E-state index contributed by atoms with van der Waals surface area (Å²) in [5, 5.41) is 8.53. The number of aryl methyl sites for hydroxylation is 2. The van der Waals surface area contributed by atoms with E-state index in [9.17, 15) is 19.1 Å². The van der Waals surface area contributed by atoms with Crippen molar-refractivity contribution in [1.29, 1.82) is 0 Å². The summed E-state index contributed by atoms with van der Waals surface area (Å²) >= 11 is 0. The summed E-state index contributed by atoms with van der Waals surface area (Å²) in [7, 11) is -3.53. The smallest absolute Gasteiger partial charge is 0.320 e. The maximum absolute atomic E-state index is 13.6. The first-order valence-corrected chi connectivity index (χ1v) is 15.5. The molecule has 0 bridgehead atoms. The van der Waals surface area contributed by atoms with Crippen molar-refractivity contribution in [3.63, 3.8) is 0 Å². The predicted octanol–water partition coefficient (Wildman–Crippen LogP) is 6.03. The Hall–Kier alpha value is -3.07. The Labute approximate surface area is 237 Å². The van der Waals surface area contributed by atoms with E-state index in [-0.39, 0.29) is 38.6 Å². The van der Waals surface area contributed by atoms with Crippen molar-refractivity contribution in [3.05, 3.63) is 63.1 Å². The van der Waals surface area contributed by atoms with Crippen LogP contribution in [0.5, 0.6) is 5.75 Å². The fraction of sp³-hybridized carbons (Fsp3) is 0.517. The van der Waals surface area contributed by atoms with Crippen LogP contribution in [-0.2, 0) is 30.0 Å². The van der Waals surface area contributed by atoms with Gasteiger partial charge in [0.05, 0.1) is 13.2 Å². The maximum Gasteiger partial charge on any atom is 0.320 e. The molecule has 40 heavy (non-hydrogen) atoms. The van der Waals surface area contributed by atoms with Crippen molar-refractivity contribution in [2.45, 2.75) is 66.7 Å². The van der Waals surface area contributed by atoms with Crippen LogP contribution in [0.4, 0.5) is 5.69 Å². The van der Waals surface area contributed by atoms with E-state index < -0.39 is 19.4 Å². The molecule has 10 nitrogen and oxygen atoms in total. The van der Waals surface area contributed by atoms with Crippen LogP contribution in [0.15, 0.2) is 35.5 Å². The summed E-state index contributed by atoms with van der Waals surface area (Å²) < 4.78 is 29.6. The molecule has 220 valence electrons. The van der Waals surface area contributed by atoms with E-state index in [1.165, 1.54) is 0 Å². The largest absolute Gasteiger partial charge is 0.483 e. The Morgan fingerprint density at radius 3 is 1.95 bits per heavy atom. The SMILES string of the molecule is CCCOC(=O)CNP(=O)(COc1cc(C)c(Cc2ccc(N=O)c(C(C)C)c2)c(C)c1)NCC(=O)OCCC. The molecular formula is C29H42N3O7P. The lowest BCUT2D eigenvalue weighted by atomic mass is 9.92. The summed E-state index contributed by atoms with van der Waals surface area (Å²) in [6, 6.07) is 9.42. The maximum atomic E-state index is 13.6. The number of ether oxygens (including phenoxy) is 3. The Kier molecular flexibility index (Phi) is 13.5. The third-order valence-corrected chi connectivity index (χ3v) is 8.00. The molecule has 2 aromatic rings. The number of benzene rings is 2. The second-order valence-electron chi connectivity index (χ2n) is 9.98. The number of rotatable bonds is 17. The Bertz CT molecular complexity index is 1170. The van der Waals surface area contributed by atoms with Crippen molar-refractivity contribution in [1.82, 2.24) is 10.2 Å². The van der Waals surface area contributed by atoms with Gasteiger partial charge in [0.2, 0.25) is 7.44 Å². The third-order valence-electron chi connectivity index (χ3n) is 6.17. The number of hydrogen-bond acceptors (Lipinski definition) is 8. The molecule has 0 heterocycles. The van der Waals surface area contributed by atoms with Gasteiger partial charge in [0.15, 0.2) is 6.35 Å². The minimum absolute atomic E-state index is 0.172. The van der Waals surface area contributed by atoms with Crippen LogP contribution >= 0.6 is 7.44 Å². The number of nitrogens with one attached hydrogen (secondary N) is 2. The molecule has 0 atom stereocenters. The monoisotopic (exact) mass is 575 g/mol. The Morgan fingerprint density at radius 2 is 1.48 bits per heavy atom. The van der Waals surface area contributed by atoms with Crippen LogP contribution in [0.25, 0.3) is 0 Å². The van der Waals surface area contributed by atoms with Crippen molar-refractivity contribution in [3.8, 4) is 5.75 Å². The highest BCUT2D eigenvalue weighted by molar-refractivity contribution is 7.59. The number of nitroso groups, excluding NO2 is 1. The predicted molar refractivity (Wildman–Crippen MR) is 156 cm³/mol. The van der Waals surface area contributed by atoms with E-state index in [0.717, 1.165) is 27.8 Å². The molecule has 0 radical (unpaired) electrons. The zero-order chi connectivity index (χ0) is 29.7. The standard InChI is InChI=1S/C29H42N3O7P/c1-7-11-37-28(33)17-30-40(36,31-18-29(34)38-12-8-2)19-39-24-13-21(5)26(22(6)14-24)16-23-9-10-27(32-35)25(15-23)20(3)4/h9-10,13-15,20H,7-8,11-12,16-19H2,1-6H3,(H2,30,31,36). The highest BCUT2D eigenvalue weighted by atomic mass is 31.2. The lowest BCUT2D eigenvalue weighted by Crippen LogP contribution is -2.34. The van der Waals surface area contributed by atoms with Crippen LogP contribution in [0.1, 0.15) is 74.3 Å². The molecule has 0 aliphatic carbocycles. The summed E-state index contributed by atoms with van der Waals surface area (Å²) in [5.74, 6) is -0.421. The van der Waals surface area contributed by atoms with Gasteiger partial charge in [-0.25, -0.2) is 10.2 Å². The third kappa shape index (κ3) is 10.5. The zero-order valence-electron chi connectivity index (χ0n) is 24.4. The van der Waals surface area contributed by atoms with Gasteiger partial charge in [-0.2, -0.15) is 0 Å². The van der Waals surface area contributed by atoms with E-state index in [1.807, 2.05) is 65.8 Å². The molecule has 0 saturated carbocycles. The molecule has 0 fully saturated rings. The molecule has 11 heteroatoms. The minimum atomic E-state index is -3.53. The van der Waals surface area contributed by atoms with Crippen LogP contribution < -0.4 is 14.9 Å². The van der Waals surface area contributed by atoms with Crippen LogP contribution in [0.3, 0.4) is 0 Å². The van der Waals surface area contributed by atoms with E-state index in [1.54, 1.807) is 6.07 Å². The van der Waals surface area contributed by atoms with E-state index >= 15 is 0 Å². The van der Waals surface area contributed by atoms with Crippen molar-refractivity contribution >= 4 is 25.1 Å². The summed E-state index contributed by atoms with van der Waals surface area (Å²) in [6.07, 6.45) is 1.70. The molecule has 2 aromatic carbocycles. The fourth-order valence-electron chi connectivity index (χ4n) is 4.01. The second kappa shape index (κ2) is 16.3. The van der Waals surface area contributed by atoms with Gasteiger partial charge in [0.1, 0.15) is 24.5 Å². The topological polar surface area (TPSA) is 132 Å². The first-order chi connectivity index (χ1) is 19.0. The van der Waals surface area contributed by atoms with Gasteiger partial charge in [-0.15, -0.1) is 4.91 Å². The number of hydrogen-bond donors (Lipinski definition) is 2. The molecule has 0 aromatic heterocycles. The molecule has 0 unspecified atom stereocenters. The Balaban J connectivity index is 2.16. The van der Waals surface area contributed by atoms with E-state index in [0.29, 0.717) is 30.7 Å². The van der Waals surface area contributed by atoms with Gasteiger partial charge < -0.3 is 14.2 Å². The second-order valence-corrected chi connectivity index (χ2v) is 12.3. The summed E-state index contributed by atoms with van der Waals surface area (Å²) in [5.41, 5.74) is 5.53. The van der Waals surface area contributed by atoms with Gasteiger partial charge in [0.25, 0.3) is 0 Å². The van der Waals surface area contributed by atoms with Gasteiger partial charge in [-0.3, -0.25) is 14.2 Å². The number of nitrogens with zero attached hydrogens (tertiary/aromatic N) is 1. The fourth-order valence-corrected chi connectivity index (χ4v) is 5.40. The lowest BCUT2D eigenvalue weighted by molar-refractivity contribution is -0.142. The highest BCUT2D eigenvalue weighted by Crippen LogP contribution is 2.37. The van der Waals surface area contributed by atoms with Crippen LogP contribution in [0.2, 0.25) is 0 Å². The van der Waals surface area contributed by atoms with Crippen molar-refractivity contribution in [2.24, 2.45) is 5.18 Å². The summed E-state index contributed by atoms with van der Waals surface area (Å²) in [6.45, 7) is 11.7. The van der Waals surface area contributed by atoms with Gasteiger partial charge in [0, 0.05) is 0 Å². The summed E-state index contributed by atoms with van der Waals surface area (Å²) in [4.78, 5) is 35.1. The molecule has 2 N–H and O–H groups in total. The number of carbonyl (C=O) groups is 2.